The Morgan fingerprint density at radius 3 is 2.85 bits per heavy atom. The molecule has 0 aliphatic heterocycles. The molecule has 0 spiro atoms. The van der Waals surface area contributed by atoms with Crippen LogP contribution >= 0.6 is 15.9 Å². The van der Waals surface area contributed by atoms with Crippen LogP contribution in [-0.2, 0) is 10.0 Å². The van der Waals surface area contributed by atoms with Crippen LogP contribution in [0.2, 0.25) is 0 Å². The molecule has 0 saturated carbocycles. The lowest BCUT2D eigenvalue weighted by atomic mass is 10.3. The first-order valence-electron chi connectivity index (χ1n) is 4.61. The van der Waals surface area contributed by atoms with Gasteiger partial charge in [0.1, 0.15) is 5.82 Å². The predicted molar refractivity (Wildman–Crippen MR) is 50.3 cm³/mol. The quantitative estimate of drug-likeness (QED) is 0.886. The number of benzene rings is 1. The van der Waals surface area contributed by atoms with Gasteiger partial charge in [0.05, 0.1) is 9.37 Å². The topological polar surface area (TPSA) is 46.2 Å². The van der Waals surface area contributed by atoms with Crippen LogP contribution in [0.4, 0.5) is 4.39 Å². The fourth-order valence-corrected chi connectivity index (χ4v) is 1.57. The van der Waals surface area contributed by atoms with Crippen molar-refractivity contribution < 1.29 is 16.9 Å². The van der Waals surface area contributed by atoms with Crippen molar-refractivity contribution in [2.24, 2.45) is 0 Å². The van der Waals surface area contributed by atoms with Crippen molar-refractivity contribution in [2.45, 2.75) is 4.90 Å². The molecule has 0 heterocycles. The van der Waals surface area contributed by atoms with Crippen molar-refractivity contribution in [3.05, 3.63) is 28.5 Å². The van der Waals surface area contributed by atoms with E-state index in [-0.39, 0.29) is 4.47 Å². The Labute approximate surface area is 88.4 Å². The maximum atomic E-state index is 13.1. The van der Waals surface area contributed by atoms with Gasteiger partial charge in [0.2, 0.25) is 10.0 Å². The Hall–Kier alpha value is -0.460. The number of rotatable bonds is 2. The average Bonchev–Trinajstić information content (AvgIpc) is 2.05. The summed E-state index contributed by atoms with van der Waals surface area (Å²) >= 11 is 2.86. The highest BCUT2D eigenvalue weighted by atomic mass is 79.9. The van der Waals surface area contributed by atoms with Gasteiger partial charge in [-0.25, -0.2) is 17.5 Å². The zero-order chi connectivity index (χ0) is 12.6. The summed E-state index contributed by atoms with van der Waals surface area (Å²) in [6, 6.07) is 3.02. The number of hydrogen-bond donors (Lipinski definition) is 1. The number of halogens is 2. The highest BCUT2D eigenvalue weighted by Crippen LogP contribution is 2.18. The summed E-state index contributed by atoms with van der Waals surface area (Å²) < 4.78 is 57.8. The molecule has 0 amide bonds. The predicted octanol–water partition coefficient (Wildman–Crippen LogP) is 1.50. The molecule has 0 atom stereocenters. The van der Waals surface area contributed by atoms with E-state index in [2.05, 4.69) is 15.9 Å². The van der Waals surface area contributed by atoms with Gasteiger partial charge in [0.25, 0.3) is 0 Å². The molecule has 0 aliphatic carbocycles. The third kappa shape index (κ3) is 2.26. The molecule has 0 aromatic heterocycles. The Balaban J connectivity index is 3.13. The van der Waals surface area contributed by atoms with Gasteiger partial charge in [-0.05, 0) is 41.1 Å². The maximum absolute atomic E-state index is 13.1. The van der Waals surface area contributed by atoms with Crippen LogP contribution in [0.25, 0.3) is 0 Å². The summed E-state index contributed by atoms with van der Waals surface area (Å²) in [5, 5.41) is 0. The van der Waals surface area contributed by atoms with E-state index in [0.29, 0.717) is 0 Å². The molecular formula is C7H7BrFNO2S. The maximum Gasteiger partial charge on any atom is 0.240 e. The minimum absolute atomic E-state index is 0.0975. The molecular weight excluding hydrogens is 261 g/mol. The van der Waals surface area contributed by atoms with Crippen molar-refractivity contribution in [1.82, 2.24) is 4.72 Å². The van der Waals surface area contributed by atoms with Crippen LogP contribution in [0, 0.1) is 5.82 Å². The zero-order valence-corrected chi connectivity index (χ0v) is 8.62. The van der Waals surface area contributed by atoms with Gasteiger partial charge >= 0.3 is 0 Å². The van der Waals surface area contributed by atoms with Gasteiger partial charge in [0, 0.05) is 4.11 Å². The first kappa shape index (κ1) is 6.92. The van der Waals surface area contributed by atoms with Crippen LogP contribution in [0.5, 0.6) is 0 Å². The standard InChI is InChI=1S/C7H7BrFNO2S/c1-10-13(11,12)5-2-3-6(8)7(9)4-5/h2-4,10H,1H3/i1D3. The van der Waals surface area contributed by atoms with Gasteiger partial charge in [-0.1, -0.05) is 0 Å². The molecule has 1 aromatic rings. The first-order chi connectivity index (χ1) is 7.12. The normalized spacial score (nSPS) is 16.0. The monoisotopic (exact) mass is 270 g/mol. The molecule has 6 heteroatoms. The lowest BCUT2D eigenvalue weighted by molar-refractivity contribution is 0.583. The molecule has 0 radical (unpaired) electrons. The molecule has 0 bridgehead atoms. The van der Waals surface area contributed by atoms with Crippen molar-refractivity contribution in [1.29, 1.82) is 0 Å². The van der Waals surface area contributed by atoms with E-state index in [1.807, 2.05) is 0 Å². The largest absolute Gasteiger partial charge is 0.240 e. The van der Waals surface area contributed by atoms with Crippen LogP contribution in [0.1, 0.15) is 4.11 Å². The molecule has 72 valence electrons. The van der Waals surface area contributed by atoms with Crippen molar-refractivity contribution in [3.63, 3.8) is 0 Å². The van der Waals surface area contributed by atoms with E-state index in [1.54, 1.807) is 0 Å². The fraction of sp³-hybridized carbons (Fsp3) is 0.143. The third-order valence-electron chi connectivity index (χ3n) is 1.34. The minimum Gasteiger partial charge on any atom is -0.214 e. The average molecular weight is 271 g/mol. The van der Waals surface area contributed by atoms with E-state index in [1.165, 1.54) is 10.8 Å². The number of sulfonamides is 1. The van der Waals surface area contributed by atoms with Gasteiger partial charge in [-0.3, -0.25) is 0 Å². The third-order valence-corrected chi connectivity index (χ3v) is 3.12. The van der Waals surface area contributed by atoms with Crippen LogP contribution in [0.15, 0.2) is 27.6 Å². The van der Waals surface area contributed by atoms with Crippen LogP contribution in [-0.4, -0.2) is 15.4 Å². The number of hydrogen-bond acceptors (Lipinski definition) is 2. The zero-order valence-electron chi connectivity index (χ0n) is 9.21. The molecule has 0 fully saturated rings. The van der Waals surface area contributed by atoms with Gasteiger partial charge in [0.15, 0.2) is 0 Å². The Morgan fingerprint density at radius 1 is 1.62 bits per heavy atom. The van der Waals surface area contributed by atoms with Gasteiger partial charge < -0.3 is 0 Å². The molecule has 1 aromatic carbocycles. The van der Waals surface area contributed by atoms with Crippen molar-refractivity contribution in [3.8, 4) is 0 Å². The Bertz CT molecular complexity index is 503. The van der Waals surface area contributed by atoms with E-state index < -0.39 is 27.7 Å². The summed E-state index contributed by atoms with van der Waals surface area (Å²) in [6.07, 6.45) is 0. The molecule has 1 N–H and O–H groups in total. The lowest BCUT2D eigenvalue weighted by Crippen LogP contribution is -2.18. The molecule has 0 saturated heterocycles. The van der Waals surface area contributed by atoms with E-state index in [4.69, 9.17) is 4.11 Å². The smallest absolute Gasteiger partial charge is 0.214 e. The van der Waals surface area contributed by atoms with E-state index in [9.17, 15) is 12.8 Å². The van der Waals surface area contributed by atoms with Crippen LogP contribution < -0.4 is 4.72 Å². The van der Waals surface area contributed by atoms with Crippen LogP contribution in [0.3, 0.4) is 0 Å². The SMILES string of the molecule is [2H]C([2H])([2H])NS(=O)(=O)c1ccc(Br)c(F)c1. The second kappa shape index (κ2) is 3.73. The Morgan fingerprint density at radius 2 is 2.31 bits per heavy atom. The summed E-state index contributed by atoms with van der Waals surface area (Å²) in [5.41, 5.74) is 0. The molecule has 3 nitrogen and oxygen atoms in total. The van der Waals surface area contributed by atoms with Crippen molar-refractivity contribution >= 4 is 26.0 Å². The Kier molecular flexibility index (Phi) is 1.98. The molecule has 0 aliphatic rings. The fourth-order valence-electron chi connectivity index (χ4n) is 0.703. The van der Waals surface area contributed by atoms with Crippen molar-refractivity contribution in [2.75, 3.05) is 6.98 Å². The lowest BCUT2D eigenvalue weighted by Gasteiger charge is -2.02. The minimum atomic E-state index is -4.23. The van der Waals surface area contributed by atoms with Gasteiger partial charge in [-0.2, -0.15) is 0 Å². The summed E-state index contributed by atoms with van der Waals surface area (Å²) in [4.78, 5) is -0.440. The highest BCUT2D eigenvalue weighted by Gasteiger charge is 2.12. The van der Waals surface area contributed by atoms with Gasteiger partial charge in [-0.15, -0.1) is 0 Å². The summed E-state index contributed by atoms with van der Waals surface area (Å²) in [6.45, 7) is -2.84. The summed E-state index contributed by atoms with van der Waals surface area (Å²) in [5.74, 6) is -0.784. The molecule has 13 heavy (non-hydrogen) atoms. The highest BCUT2D eigenvalue weighted by molar-refractivity contribution is 9.10. The first-order valence-corrected chi connectivity index (χ1v) is 5.38. The molecule has 1 rings (SSSR count). The second-order valence-electron chi connectivity index (χ2n) is 2.18. The number of nitrogens with one attached hydrogen (secondary N) is 1. The van der Waals surface area contributed by atoms with E-state index in [0.717, 1.165) is 12.1 Å². The van der Waals surface area contributed by atoms with E-state index >= 15 is 0 Å². The summed E-state index contributed by atoms with van der Waals surface area (Å²) in [7, 11) is -4.23. The molecule has 0 unspecified atom stereocenters. The second-order valence-corrected chi connectivity index (χ2v) is 4.72.